The lowest BCUT2D eigenvalue weighted by molar-refractivity contribution is -0.153. The summed E-state index contributed by atoms with van der Waals surface area (Å²) in [6.07, 6.45) is 3.88. The number of amides is 1. The molecular formula is C16H18ClNO3. The highest BCUT2D eigenvalue weighted by molar-refractivity contribution is 6.30. The summed E-state index contributed by atoms with van der Waals surface area (Å²) in [5, 5.41) is 9.98. The molecule has 0 bridgehead atoms. The summed E-state index contributed by atoms with van der Waals surface area (Å²) in [6, 6.07) is 6.67. The smallest absolute Gasteiger partial charge is 0.326 e. The van der Waals surface area contributed by atoms with Gasteiger partial charge in [0.05, 0.1) is 5.41 Å². The van der Waals surface area contributed by atoms with Gasteiger partial charge in [0.15, 0.2) is 0 Å². The zero-order valence-electron chi connectivity index (χ0n) is 11.7. The van der Waals surface area contributed by atoms with Gasteiger partial charge in [0.2, 0.25) is 5.91 Å². The third-order valence-corrected chi connectivity index (χ3v) is 4.86. The van der Waals surface area contributed by atoms with E-state index in [9.17, 15) is 14.7 Å². The van der Waals surface area contributed by atoms with E-state index in [0.717, 1.165) is 31.2 Å². The molecule has 1 amide bonds. The molecule has 0 spiro atoms. The fourth-order valence-corrected chi connectivity index (χ4v) is 3.35. The molecule has 2 fully saturated rings. The highest BCUT2D eigenvalue weighted by Crippen LogP contribution is 2.50. The number of carbonyl (C=O) groups excluding carboxylic acids is 1. The van der Waals surface area contributed by atoms with E-state index in [-0.39, 0.29) is 5.91 Å². The fraction of sp³-hybridized carbons (Fsp3) is 0.500. The van der Waals surface area contributed by atoms with Gasteiger partial charge >= 0.3 is 5.97 Å². The first-order chi connectivity index (χ1) is 10.0. The quantitative estimate of drug-likeness (QED) is 0.934. The number of likely N-dealkylation sites (tertiary alicyclic amines) is 1. The molecule has 1 aliphatic carbocycles. The van der Waals surface area contributed by atoms with Gasteiger partial charge in [-0.05, 0) is 49.8 Å². The van der Waals surface area contributed by atoms with Crippen molar-refractivity contribution in [2.75, 3.05) is 6.54 Å². The van der Waals surface area contributed by atoms with Crippen LogP contribution >= 0.6 is 11.6 Å². The van der Waals surface area contributed by atoms with Crippen LogP contribution in [-0.2, 0) is 15.0 Å². The predicted octanol–water partition coefficient (Wildman–Crippen LogP) is 2.84. The van der Waals surface area contributed by atoms with Gasteiger partial charge < -0.3 is 10.0 Å². The summed E-state index contributed by atoms with van der Waals surface area (Å²) >= 11 is 5.90. The second kappa shape index (κ2) is 5.34. The lowest BCUT2D eigenvalue weighted by atomic mass is 9.91. The molecule has 1 N–H and O–H groups in total. The van der Waals surface area contributed by atoms with Gasteiger partial charge in [-0.2, -0.15) is 0 Å². The first kappa shape index (κ1) is 14.4. The average molecular weight is 308 g/mol. The van der Waals surface area contributed by atoms with Crippen LogP contribution in [0, 0.1) is 0 Å². The third-order valence-electron chi connectivity index (χ3n) is 4.60. The molecule has 1 atom stereocenters. The molecule has 1 aromatic rings. The van der Waals surface area contributed by atoms with Gasteiger partial charge in [-0.1, -0.05) is 23.7 Å². The fourth-order valence-electron chi connectivity index (χ4n) is 3.23. The van der Waals surface area contributed by atoms with E-state index in [1.807, 2.05) is 12.1 Å². The van der Waals surface area contributed by atoms with E-state index in [0.29, 0.717) is 18.0 Å². The Bertz CT molecular complexity index is 565. The number of halogens is 1. The number of aliphatic carboxylic acids is 1. The lowest BCUT2D eigenvalue weighted by Gasteiger charge is -2.35. The Morgan fingerprint density at radius 2 is 1.86 bits per heavy atom. The van der Waals surface area contributed by atoms with Crippen molar-refractivity contribution in [3.63, 3.8) is 0 Å². The van der Waals surface area contributed by atoms with Gasteiger partial charge in [-0.3, -0.25) is 4.79 Å². The summed E-state index contributed by atoms with van der Waals surface area (Å²) in [4.78, 5) is 25.9. The van der Waals surface area contributed by atoms with Crippen LogP contribution in [0.3, 0.4) is 0 Å². The predicted molar refractivity (Wildman–Crippen MR) is 79.4 cm³/mol. The molecule has 3 rings (SSSR count). The van der Waals surface area contributed by atoms with Crippen LogP contribution in [0.4, 0.5) is 0 Å². The van der Waals surface area contributed by atoms with Gasteiger partial charge in [-0.25, -0.2) is 4.79 Å². The Labute approximate surface area is 128 Å². The minimum Gasteiger partial charge on any atom is -0.480 e. The first-order valence-electron chi connectivity index (χ1n) is 7.34. The molecule has 1 aliphatic heterocycles. The molecule has 0 aromatic heterocycles. The standard InChI is InChI=1S/C16H18ClNO3/c17-12-6-4-11(5-7-12)16(8-9-16)15(21)18-10-2-1-3-13(18)14(19)20/h4-7,13H,1-3,8-10H2,(H,19,20)/t13-/m1/s1. The zero-order valence-corrected chi connectivity index (χ0v) is 12.5. The Kier molecular flexibility index (Phi) is 3.66. The lowest BCUT2D eigenvalue weighted by Crippen LogP contribution is -2.51. The van der Waals surface area contributed by atoms with Crippen molar-refractivity contribution in [2.45, 2.75) is 43.6 Å². The number of benzene rings is 1. The molecule has 112 valence electrons. The molecule has 4 nitrogen and oxygen atoms in total. The first-order valence-corrected chi connectivity index (χ1v) is 7.72. The number of rotatable bonds is 3. The van der Waals surface area contributed by atoms with Crippen molar-refractivity contribution in [2.24, 2.45) is 0 Å². The van der Waals surface area contributed by atoms with Crippen molar-refractivity contribution >= 4 is 23.5 Å². The Morgan fingerprint density at radius 1 is 1.19 bits per heavy atom. The van der Waals surface area contributed by atoms with E-state index in [1.165, 1.54) is 0 Å². The minimum absolute atomic E-state index is 0.0306. The van der Waals surface area contributed by atoms with Gasteiger partial charge in [-0.15, -0.1) is 0 Å². The number of piperidine rings is 1. The largest absolute Gasteiger partial charge is 0.480 e. The summed E-state index contributed by atoms with van der Waals surface area (Å²) in [5.74, 6) is -0.924. The highest BCUT2D eigenvalue weighted by Gasteiger charge is 2.54. The normalized spacial score (nSPS) is 23.7. The maximum atomic E-state index is 12.9. The molecule has 2 aliphatic rings. The Morgan fingerprint density at radius 3 is 2.43 bits per heavy atom. The van der Waals surface area contributed by atoms with Gasteiger partial charge in [0, 0.05) is 11.6 Å². The van der Waals surface area contributed by atoms with Crippen LogP contribution < -0.4 is 0 Å². The van der Waals surface area contributed by atoms with E-state index in [4.69, 9.17) is 11.6 Å². The summed E-state index contributed by atoms with van der Waals surface area (Å²) in [5.41, 5.74) is 0.432. The van der Waals surface area contributed by atoms with Crippen LogP contribution in [0.1, 0.15) is 37.7 Å². The van der Waals surface area contributed by atoms with Crippen molar-refractivity contribution < 1.29 is 14.7 Å². The number of nitrogens with zero attached hydrogens (tertiary/aromatic N) is 1. The molecule has 1 aromatic carbocycles. The molecular weight excluding hydrogens is 290 g/mol. The third kappa shape index (κ3) is 2.53. The van der Waals surface area contributed by atoms with Crippen molar-refractivity contribution in [3.8, 4) is 0 Å². The van der Waals surface area contributed by atoms with E-state index < -0.39 is 17.4 Å². The Balaban J connectivity index is 1.86. The van der Waals surface area contributed by atoms with E-state index >= 15 is 0 Å². The molecule has 21 heavy (non-hydrogen) atoms. The minimum atomic E-state index is -0.894. The topological polar surface area (TPSA) is 57.6 Å². The number of carboxylic acid groups (broad SMARTS) is 1. The molecule has 0 radical (unpaired) electrons. The SMILES string of the molecule is O=C(O)[C@H]1CCCCN1C(=O)C1(c2ccc(Cl)cc2)CC1. The van der Waals surface area contributed by atoms with Crippen LogP contribution in [0.15, 0.2) is 24.3 Å². The summed E-state index contributed by atoms with van der Waals surface area (Å²) < 4.78 is 0. The Hall–Kier alpha value is -1.55. The van der Waals surface area contributed by atoms with E-state index in [2.05, 4.69) is 0 Å². The molecule has 1 saturated heterocycles. The van der Waals surface area contributed by atoms with E-state index in [1.54, 1.807) is 17.0 Å². The van der Waals surface area contributed by atoms with Crippen molar-refractivity contribution in [1.29, 1.82) is 0 Å². The summed E-state index contributed by atoms with van der Waals surface area (Å²) in [7, 11) is 0. The number of hydrogen-bond donors (Lipinski definition) is 1. The average Bonchev–Trinajstić information content (AvgIpc) is 3.29. The molecule has 5 heteroatoms. The van der Waals surface area contributed by atoms with Crippen molar-refractivity contribution in [1.82, 2.24) is 4.90 Å². The second-order valence-electron chi connectivity index (χ2n) is 5.94. The van der Waals surface area contributed by atoms with Crippen LogP contribution in [-0.4, -0.2) is 34.5 Å². The molecule has 1 heterocycles. The highest BCUT2D eigenvalue weighted by atomic mass is 35.5. The monoisotopic (exact) mass is 307 g/mol. The van der Waals surface area contributed by atoms with Gasteiger partial charge in [0.25, 0.3) is 0 Å². The van der Waals surface area contributed by atoms with Crippen LogP contribution in [0.5, 0.6) is 0 Å². The maximum absolute atomic E-state index is 12.9. The maximum Gasteiger partial charge on any atom is 0.326 e. The molecule has 1 saturated carbocycles. The van der Waals surface area contributed by atoms with Gasteiger partial charge in [0.1, 0.15) is 6.04 Å². The number of hydrogen-bond acceptors (Lipinski definition) is 2. The zero-order chi connectivity index (χ0) is 15.0. The second-order valence-corrected chi connectivity index (χ2v) is 6.37. The summed E-state index contributed by atoms with van der Waals surface area (Å²) in [6.45, 7) is 0.547. The van der Waals surface area contributed by atoms with Crippen LogP contribution in [0.25, 0.3) is 0 Å². The van der Waals surface area contributed by atoms with Crippen molar-refractivity contribution in [3.05, 3.63) is 34.9 Å². The van der Waals surface area contributed by atoms with Crippen LogP contribution in [0.2, 0.25) is 5.02 Å². The molecule has 0 unspecified atom stereocenters. The number of carbonyl (C=O) groups is 2. The number of carboxylic acids is 1.